The minimum absolute atomic E-state index is 0.178. The van der Waals surface area contributed by atoms with Gasteiger partial charge in [-0.3, -0.25) is 14.8 Å². The molecule has 8 nitrogen and oxygen atoms in total. The van der Waals surface area contributed by atoms with Gasteiger partial charge in [0.25, 0.3) is 11.9 Å². The standard InChI is InChI=1S/C9H12BrN7O/c1-3-16-7(6(10)5-11-16)8(18)12-9-13-15-17(4-2)14-9/h5H,3-4H2,1-2H3,(H,12,14,18). The molecule has 0 aromatic carbocycles. The fourth-order valence-corrected chi connectivity index (χ4v) is 1.89. The van der Waals surface area contributed by atoms with Crippen LogP contribution in [0.4, 0.5) is 5.95 Å². The Morgan fingerprint density at radius 1 is 1.44 bits per heavy atom. The molecule has 0 saturated carbocycles. The lowest BCUT2D eigenvalue weighted by Crippen LogP contribution is -2.18. The predicted octanol–water partition coefficient (Wildman–Crippen LogP) is 0.924. The zero-order valence-corrected chi connectivity index (χ0v) is 11.5. The Balaban J connectivity index is 2.18. The molecule has 0 bridgehead atoms. The second kappa shape index (κ2) is 5.25. The van der Waals surface area contributed by atoms with Gasteiger partial charge in [0.1, 0.15) is 5.69 Å². The number of halogens is 1. The summed E-state index contributed by atoms with van der Waals surface area (Å²) in [6.07, 6.45) is 1.58. The van der Waals surface area contributed by atoms with E-state index in [2.05, 4.69) is 41.8 Å². The number of rotatable bonds is 4. The normalized spacial score (nSPS) is 10.6. The van der Waals surface area contributed by atoms with Gasteiger partial charge < -0.3 is 0 Å². The van der Waals surface area contributed by atoms with E-state index in [-0.39, 0.29) is 11.9 Å². The van der Waals surface area contributed by atoms with Gasteiger partial charge in [0, 0.05) is 6.54 Å². The number of aryl methyl sites for hydroxylation is 2. The van der Waals surface area contributed by atoms with Gasteiger partial charge in [0.2, 0.25) is 0 Å². The molecule has 0 fully saturated rings. The zero-order chi connectivity index (χ0) is 13.1. The summed E-state index contributed by atoms with van der Waals surface area (Å²) in [7, 11) is 0. The van der Waals surface area contributed by atoms with Crippen LogP contribution in [0.5, 0.6) is 0 Å². The number of tetrazole rings is 1. The molecule has 0 aliphatic heterocycles. The van der Waals surface area contributed by atoms with E-state index in [0.717, 1.165) is 0 Å². The van der Waals surface area contributed by atoms with Crippen LogP contribution in [0.25, 0.3) is 0 Å². The van der Waals surface area contributed by atoms with E-state index in [9.17, 15) is 4.79 Å². The molecule has 96 valence electrons. The van der Waals surface area contributed by atoms with Gasteiger partial charge in [-0.05, 0) is 35.0 Å². The summed E-state index contributed by atoms with van der Waals surface area (Å²) in [5.41, 5.74) is 0.436. The highest BCUT2D eigenvalue weighted by atomic mass is 79.9. The van der Waals surface area contributed by atoms with Crippen LogP contribution in [0, 0.1) is 0 Å². The van der Waals surface area contributed by atoms with E-state index in [1.165, 1.54) is 4.80 Å². The minimum Gasteiger partial charge on any atom is -0.286 e. The van der Waals surface area contributed by atoms with E-state index in [0.29, 0.717) is 23.3 Å². The van der Waals surface area contributed by atoms with E-state index >= 15 is 0 Å². The first-order valence-corrected chi connectivity index (χ1v) is 6.25. The Kier molecular flexibility index (Phi) is 3.70. The average molecular weight is 314 g/mol. The third-order valence-corrected chi connectivity index (χ3v) is 2.85. The maximum absolute atomic E-state index is 12.1. The molecule has 9 heteroatoms. The van der Waals surface area contributed by atoms with Crippen molar-refractivity contribution in [3.8, 4) is 0 Å². The minimum atomic E-state index is -0.322. The number of hydrogen-bond acceptors (Lipinski definition) is 5. The molecule has 0 atom stereocenters. The SMILES string of the molecule is CCn1nnc(NC(=O)c2c(Br)cnn2CC)n1. The van der Waals surface area contributed by atoms with Gasteiger partial charge in [-0.2, -0.15) is 9.90 Å². The first-order valence-electron chi connectivity index (χ1n) is 5.46. The van der Waals surface area contributed by atoms with E-state index in [4.69, 9.17) is 0 Å². The lowest BCUT2D eigenvalue weighted by Gasteiger charge is -2.04. The van der Waals surface area contributed by atoms with Crippen molar-refractivity contribution in [2.24, 2.45) is 0 Å². The first-order chi connectivity index (χ1) is 8.65. The number of anilines is 1. The molecular formula is C9H12BrN7O. The Morgan fingerprint density at radius 3 is 2.83 bits per heavy atom. The van der Waals surface area contributed by atoms with Crippen LogP contribution in [0.3, 0.4) is 0 Å². The Hall–Kier alpha value is -1.77. The summed E-state index contributed by atoms with van der Waals surface area (Å²) in [5, 5.41) is 18.1. The summed E-state index contributed by atoms with van der Waals surface area (Å²) in [6.45, 7) is 4.99. The van der Waals surface area contributed by atoms with Gasteiger partial charge in [-0.1, -0.05) is 5.10 Å². The summed E-state index contributed by atoms with van der Waals surface area (Å²) in [4.78, 5) is 13.4. The fraction of sp³-hybridized carbons (Fsp3) is 0.444. The molecule has 0 radical (unpaired) electrons. The molecule has 0 saturated heterocycles. The number of carbonyl (C=O) groups excluding carboxylic acids is 1. The number of nitrogens with one attached hydrogen (secondary N) is 1. The second-order valence-corrected chi connectivity index (χ2v) is 4.27. The molecule has 2 aromatic heterocycles. The number of nitrogens with zero attached hydrogens (tertiary/aromatic N) is 6. The van der Waals surface area contributed by atoms with Crippen molar-refractivity contribution >= 4 is 27.8 Å². The fourth-order valence-electron chi connectivity index (χ4n) is 1.42. The quantitative estimate of drug-likeness (QED) is 0.906. The summed E-state index contributed by atoms with van der Waals surface area (Å²) < 4.78 is 2.22. The van der Waals surface area contributed by atoms with Gasteiger partial charge >= 0.3 is 0 Å². The largest absolute Gasteiger partial charge is 0.286 e. The van der Waals surface area contributed by atoms with Gasteiger partial charge in [0.05, 0.1) is 17.2 Å². The summed E-state index contributed by atoms with van der Waals surface area (Å²) in [6, 6.07) is 0. The van der Waals surface area contributed by atoms with E-state index in [1.807, 2.05) is 13.8 Å². The topological polar surface area (TPSA) is 90.5 Å². The Bertz CT molecular complexity index is 561. The molecule has 0 spiro atoms. The zero-order valence-electron chi connectivity index (χ0n) is 9.96. The van der Waals surface area contributed by atoms with Crippen LogP contribution in [-0.2, 0) is 13.1 Å². The van der Waals surface area contributed by atoms with Crippen molar-refractivity contribution in [1.82, 2.24) is 30.0 Å². The lowest BCUT2D eigenvalue weighted by atomic mass is 10.4. The monoisotopic (exact) mass is 313 g/mol. The van der Waals surface area contributed by atoms with Crippen LogP contribution >= 0.6 is 15.9 Å². The van der Waals surface area contributed by atoms with Crippen LogP contribution in [0.2, 0.25) is 0 Å². The van der Waals surface area contributed by atoms with Crippen molar-refractivity contribution in [2.75, 3.05) is 5.32 Å². The molecule has 0 aliphatic carbocycles. The second-order valence-electron chi connectivity index (χ2n) is 3.41. The van der Waals surface area contributed by atoms with Gasteiger partial charge in [-0.25, -0.2) is 0 Å². The highest BCUT2D eigenvalue weighted by molar-refractivity contribution is 9.10. The van der Waals surface area contributed by atoms with Crippen molar-refractivity contribution in [3.05, 3.63) is 16.4 Å². The molecule has 0 aliphatic rings. The van der Waals surface area contributed by atoms with Crippen molar-refractivity contribution in [1.29, 1.82) is 0 Å². The van der Waals surface area contributed by atoms with Crippen LogP contribution in [0.15, 0.2) is 10.7 Å². The van der Waals surface area contributed by atoms with Crippen molar-refractivity contribution in [3.63, 3.8) is 0 Å². The predicted molar refractivity (Wildman–Crippen MR) is 67.0 cm³/mol. The van der Waals surface area contributed by atoms with E-state index < -0.39 is 0 Å². The molecule has 2 heterocycles. The number of aromatic nitrogens is 6. The van der Waals surface area contributed by atoms with Crippen molar-refractivity contribution < 1.29 is 4.79 Å². The third-order valence-electron chi connectivity index (χ3n) is 2.27. The number of amides is 1. The maximum atomic E-state index is 12.1. The van der Waals surface area contributed by atoms with Crippen LogP contribution in [0.1, 0.15) is 24.3 Å². The highest BCUT2D eigenvalue weighted by Gasteiger charge is 2.18. The molecule has 1 N–H and O–H groups in total. The molecule has 18 heavy (non-hydrogen) atoms. The third kappa shape index (κ3) is 2.40. The smallest absolute Gasteiger partial charge is 0.277 e. The average Bonchev–Trinajstić information content (AvgIpc) is 2.95. The lowest BCUT2D eigenvalue weighted by molar-refractivity contribution is 0.101. The molecule has 2 aromatic rings. The van der Waals surface area contributed by atoms with Crippen LogP contribution in [-0.4, -0.2) is 35.9 Å². The van der Waals surface area contributed by atoms with Crippen LogP contribution < -0.4 is 5.32 Å². The van der Waals surface area contributed by atoms with Crippen molar-refractivity contribution in [2.45, 2.75) is 26.9 Å². The molecule has 2 rings (SSSR count). The van der Waals surface area contributed by atoms with Gasteiger partial charge in [-0.15, -0.1) is 5.10 Å². The summed E-state index contributed by atoms with van der Waals surface area (Å²) >= 11 is 3.28. The molecule has 0 unspecified atom stereocenters. The highest BCUT2D eigenvalue weighted by Crippen LogP contribution is 2.16. The number of hydrogen-bond donors (Lipinski definition) is 1. The molecule has 1 amide bonds. The number of carbonyl (C=O) groups is 1. The first kappa shape index (κ1) is 12.7. The van der Waals surface area contributed by atoms with Gasteiger partial charge in [0.15, 0.2) is 0 Å². The van der Waals surface area contributed by atoms with E-state index in [1.54, 1.807) is 10.9 Å². The summed E-state index contributed by atoms with van der Waals surface area (Å²) in [5.74, 6) is -0.144. The maximum Gasteiger partial charge on any atom is 0.277 e. The Labute approximate surface area is 111 Å². The Morgan fingerprint density at radius 2 is 2.22 bits per heavy atom. The molecular weight excluding hydrogens is 302 g/mol.